The van der Waals surface area contributed by atoms with Gasteiger partial charge in [0.05, 0.1) is 12.8 Å². The number of amides is 1. The number of hydrogen-bond acceptors (Lipinski definition) is 7. The second-order valence-corrected chi connectivity index (χ2v) is 9.62. The Hall–Kier alpha value is -4.47. The van der Waals surface area contributed by atoms with Crippen molar-refractivity contribution in [3.63, 3.8) is 0 Å². The molecule has 1 aliphatic rings. The topological polar surface area (TPSA) is 122 Å². The molecule has 3 aromatic heterocycles. The number of aromatic nitrogens is 4. The van der Waals surface area contributed by atoms with Gasteiger partial charge < -0.3 is 20.1 Å². The summed E-state index contributed by atoms with van der Waals surface area (Å²) in [7, 11) is 0. The predicted octanol–water partition coefficient (Wildman–Crippen LogP) is 3.71. The van der Waals surface area contributed by atoms with Crippen LogP contribution in [0.3, 0.4) is 0 Å². The van der Waals surface area contributed by atoms with E-state index < -0.39 is 5.97 Å². The third-order valence-corrected chi connectivity index (χ3v) is 6.82. The predicted molar refractivity (Wildman–Crippen MR) is 142 cm³/mol. The second-order valence-electron chi connectivity index (χ2n) is 9.62. The Morgan fingerprint density at radius 1 is 1.16 bits per heavy atom. The molecule has 0 aliphatic carbocycles. The van der Waals surface area contributed by atoms with Crippen LogP contribution < -0.4 is 15.0 Å². The Morgan fingerprint density at radius 2 is 1.92 bits per heavy atom. The largest absolute Gasteiger partial charge is 0.491 e. The fraction of sp³-hybridized carbons (Fsp3) is 0.321. The van der Waals surface area contributed by atoms with E-state index in [1.54, 1.807) is 22.8 Å². The fourth-order valence-corrected chi connectivity index (χ4v) is 4.66. The normalized spacial score (nSPS) is 14.8. The molecule has 5 rings (SSSR count). The highest BCUT2D eigenvalue weighted by Gasteiger charge is 2.24. The molecular formula is C28H30N6O4. The third kappa shape index (κ3) is 5.59. The van der Waals surface area contributed by atoms with E-state index in [1.165, 1.54) is 11.8 Å². The van der Waals surface area contributed by atoms with Gasteiger partial charge in [-0.1, -0.05) is 37.3 Å². The Labute approximate surface area is 220 Å². The number of carboxylic acid groups (broad SMARTS) is 1. The number of nitrogens with zero attached hydrogens (tertiary/aromatic N) is 5. The van der Waals surface area contributed by atoms with E-state index in [1.807, 2.05) is 31.2 Å². The number of carboxylic acids is 1. The van der Waals surface area contributed by atoms with Crippen molar-refractivity contribution in [2.45, 2.75) is 38.6 Å². The first-order valence-electron chi connectivity index (χ1n) is 12.7. The molecule has 0 bridgehead atoms. The lowest BCUT2D eigenvalue weighted by Gasteiger charge is -2.33. The maximum absolute atomic E-state index is 13.0. The smallest absolute Gasteiger partial charge is 0.354 e. The summed E-state index contributed by atoms with van der Waals surface area (Å²) in [6, 6.07) is 15.5. The average molecular weight is 515 g/mol. The van der Waals surface area contributed by atoms with Crippen LogP contribution in [-0.2, 0) is 0 Å². The van der Waals surface area contributed by atoms with Gasteiger partial charge in [0.2, 0.25) is 5.82 Å². The number of aryl methyl sites for hydroxylation is 1. The summed E-state index contributed by atoms with van der Waals surface area (Å²) < 4.78 is 7.64. The maximum atomic E-state index is 13.0. The number of aromatic carboxylic acids is 1. The average Bonchev–Trinajstić information content (AvgIpc) is 3.38. The number of carbonyl (C=O) groups is 2. The Kier molecular flexibility index (Phi) is 7.21. The standard InChI is InChI=1S/C28H30N6O4/c1-18-14-23(38-17-19(2)20-6-4-3-5-7-20)16-34-26(18)31-25(32-34)27(35)30-21-9-12-33(13-10-21)22-8-11-29-24(15-22)28(36)37/h3-8,11,14-16,19,21H,9-10,12-13,17H2,1-2H3,(H,30,35)(H,36,37)/t19-/m0/s1. The second kappa shape index (κ2) is 10.9. The highest BCUT2D eigenvalue weighted by molar-refractivity contribution is 5.91. The van der Waals surface area contributed by atoms with Gasteiger partial charge >= 0.3 is 5.97 Å². The van der Waals surface area contributed by atoms with Gasteiger partial charge in [-0.15, -0.1) is 5.10 Å². The van der Waals surface area contributed by atoms with E-state index >= 15 is 0 Å². The molecule has 1 amide bonds. The molecule has 10 nitrogen and oxygen atoms in total. The van der Waals surface area contributed by atoms with Crippen molar-refractivity contribution in [1.82, 2.24) is 24.9 Å². The first-order valence-corrected chi connectivity index (χ1v) is 12.7. The minimum absolute atomic E-state index is 0.0189. The van der Waals surface area contributed by atoms with Gasteiger partial charge in [0.15, 0.2) is 5.65 Å². The number of anilines is 1. The van der Waals surface area contributed by atoms with Crippen molar-refractivity contribution in [3.8, 4) is 5.75 Å². The van der Waals surface area contributed by atoms with Gasteiger partial charge in [-0.25, -0.2) is 19.3 Å². The Morgan fingerprint density at radius 3 is 2.66 bits per heavy atom. The molecule has 1 saturated heterocycles. The van der Waals surface area contributed by atoms with Crippen LogP contribution in [0.2, 0.25) is 0 Å². The summed E-state index contributed by atoms with van der Waals surface area (Å²) in [6.45, 7) is 5.94. The number of fused-ring (bicyclic) bond motifs is 1. The molecule has 196 valence electrons. The van der Waals surface area contributed by atoms with Crippen LogP contribution in [0.1, 0.15) is 57.9 Å². The number of benzene rings is 1. The van der Waals surface area contributed by atoms with Gasteiger partial charge in [-0.3, -0.25) is 4.79 Å². The number of carbonyl (C=O) groups excluding carboxylic acids is 1. The van der Waals surface area contributed by atoms with Crippen LogP contribution in [0, 0.1) is 6.92 Å². The molecule has 1 aliphatic heterocycles. The van der Waals surface area contributed by atoms with Crippen LogP contribution in [0.15, 0.2) is 60.9 Å². The van der Waals surface area contributed by atoms with Crippen LogP contribution in [0.4, 0.5) is 5.69 Å². The lowest BCUT2D eigenvalue weighted by molar-refractivity contribution is 0.0690. The third-order valence-electron chi connectivity index (χ3n) is 6.82. The van der Waals surface area contributed by atoms with E-state index in [4.69, 9.17) is 4.74 Å². The SMILES string of the molecule is Cc1cc(OC[C@H](C)c2ccccc2)cn2nc(C(=O)NC3CCN(c4ccnc(C(=O)O)c4)CC3)nc12. The van der Waals surface area contributed by atoms with Gasteiger partial charge in [0.1, 0.15) is 11.4 Å². The van der Waals surface area contributed by atoms with Crippen LogP contribution in [0.5, 0.6) is 5.75 Å². The molecule has 0 unspecified atom stereocenters. The molecule has 4 aromatic rings. The Bertz CT molecular complexity index is 1450. The van der Waals surface area contributed by atoms with E-state index in [0.29, 0.717) is 31.1 Å². The zero-order valence-electron chi connectivity index (χ0n) is 21.4. The van der Waals surface area contributed by atoms with Crippen LogP contribution in [0.25, 0.3) is 5.65 Å². The quantitative estimate of drug-likeness (QED) is 0.365. The van der Waals surface area contributed by atoms with Gasteiger partial charge in [-0.2, -0.15) is 0 Å². The maximum Gasteiger partial charge on any atom is 0.354 e. The molecule has 0 spiro atoms. The first kappa shape index (κ1) is 25.2. The van der Waals surface area contributed by atoms with Crippen molar-refractivity contribution >= 4 is 23.2 Å². The summed E-state index contributed by atoms with van der Waals surface area (Å²) in [5.74, 6) is -0.350. The molecule has 4 heterocycles. The summed E-state index contributed by atoms with van der Waals surface area (Å²) in [5, 5.41) is 16.6. The monoisotopic (exact) mass is 514 g/mol. The lowest BCUT2D eigenvalue weighted by Crippen LogP contribution is -2.45. The van der Waals surface area contributed by atoms with Crippen LogP contribution in [-0.4, -0.2) is 62.3 Å². The number of nitrogens with one attached hydrogen (secondary N) is 1. The van der Waals surface area contributed by atoms with Gasteiger partial charge in [0, 0.05) is 36.9 Å². The molecular weight excluding hydrogens is 484 g/mol. The summed E-state index contributed by atoms with van der Waals surface area (Å²) >= 11 is 0. The number of hydrogen-bond donors (Lipinski definition) is 2. The Balaban J connectivity index is 1.19. The zero-order valence-corrected chi connectivity index (χ0v) is 21.4. The van der Waals surface area contributed by atoms with Crippen molar-refractivity contribution in [2.24, 2.45) is 0 Å². The number of rotatable bonds is 8. The van der Waals surface area contributed by atoms with Gasteiger partial charge in [-0.05, 0) is 49.1 Å². The molecule has 0 radical (unpaired) electrons. The fourth-order valence-electron chi connectivity index (χ4n) is 4.66. The minimum Gasteiger partial charge on any atom is -0.491 e. The van der Waals surface area contributed by atoms with E-state index in [9.17, 15) is 14.7 Å². The van der Waals surface area contributed by atoms with E-state index in [2.05, 4.69) is 44.3 Å². The van der Waals surface area contributed by atoms with Crippen molar-refractivity contribution < 1.29 is 19.4 Å². The molecule has 1 aromatic carbocycles. The number of ether oxygens (including phenoxy) is 1. The van der Waals surface area contributed by atoms with Crippen LogP contribution >= 0.6 is 0 Å². The lowest BCUT2D eigenvalue weighted by atomic mass is 10.0. The molecule has 38 heavy (non-hydrogen) atoms. The number of piperidine rings is 1. The van der Waals surface area contributed by atoms with Crippen molar-refractivity contribution in [2.75, 3.05) is 24.6 Å². The molecule has 1 atom stereocenters. The van der Waals surface area contributed by atoms with Crippen molar-refractivity contribution in [1.29, 1.82) is 0 Å². The van der Waals surface area contributed by atoms with E-state index in [-0.39, 0.29) is 29.4 Å². The van der Waals surface area contributed by atoms with E-state index in [0.717, 1.165) is 24.1 Å². The van der Waals surface area contributed by atoms with Gasteiger partial charge in [0.25, 0.3) is 5.91 Å². The molecule has 10 heteroatoms. The zero-order chi connectivity index (χ0) is 26.6. The molecule has 0 saturated carbocycles. The minimum atomic E-state index is -1.05. The summed E-state index contributed by atoms with van der Waals surface area (Å²) in [6.07, 6.45) is 4.70. The highest BCUT2D eigenvalue weighted by Crippen LogP contribution is 2.22. The molecule has 1 fully saturated rings. The van der Waals surface area contributed by atoms with Crippen molar-refractivity contribution in [3.05, 3.63) is 83.6 Å². The highest BCUT2D eigenvalue weighted by atomic mass is 16.5. The number of pyridine rings is 2. The summed E-state index contributed by atoms with van der Waals surface area (Å²) in [5.41, 5.74) is 3.52. The molecule has 2 N–H and O–H groups in total. The first-order chi connectivity index (χ1) is 18.4. The summed E-state index contributed by atoms with van der Waals surface area (Å²) in [4.78, 5) is 34.6.